The van der Waals surface area contributed by atoms with Gasteiger partial charge in [0.2, 0.25) is 0 Å². The van der Waals surface area contributed by atoms with Gasteiger partial charge in [-0.15, -0.1) is 0 Å². The van der Waals surface area contributed by atoms with Gasteiger partial charge in [-0.3, -0.25) is 0 Å². The number of phenols is 2. The fourth-order valence-corrected chi connectivity index (χ4v) is 3.58. The summed E-state index contributed by atoms with van der Waals surface area (Å²) < 4.78 is 0. The van der Waals surface area contributed by atoms with Crippen LogP contribution < -0.4 is 0 Å². The Morgan fingerprint density at radius 3 is 1.96 bits per heavy atom. The van der Waals surface area contributed by atoms with Crippen LogP contribution in [0.15, 0.2) is 77.9 Å². The molecule has 1 atom stereocenters. The van der Waals surface area contributed by atoms with E-state index in [1.165, 1.54) is 16.7 Å². The molecule has 0 aliphatic heterocycles. The largest absolute Gasteiger partial charge is 0.508 e. The molecule has 0 heterocycles. The number of rotatable bonds is 2. The van der Waals surface area contributed by atoms with Crippen molar-refractivity contribution < 1.29 is 10.2 Å². The minimum Gasteiger partial charge on any atom is -0.508 e. The predicted octanol–water partition coefficient (Wildman–Crippen LogP) is 4.81. The highest BCUT2D eigenvalue weighted by Crippen LogP contribution is 2.45. The Labute approximate surface area is 135 Å². The summed E-state index contributed by atoms with van der Waals surface area (Å²) in [6, 6.07) is 14.7. The quantitative estimate of drug-likeness (QED) is 0.836. The summed E-state index contributed by atoms with van der Waals surface area (Å²) in [4.78, 5) is 0. The molecule has 0 amide bonds. The van der Waals surface area contributed by atoms with Crippen molar-refractivity contribution in [3.05, 3.63) is 89.0 Å². The highest BCUT2D eigenvalue weighted by Gasteiger charge is 2.28. The molecule has 2 aromatic rings. The molecule has 2 aliphatic carbocycles. The zero-order chi connectivity index (χ0) is 15.8. The van der Waals surface area contributed by atoms with Gasteiger partial charge < -0.3 is 10.2 Å². The Morgan fingerprint density at radius 1 is 0.826 bits per heavy atom. The summed E-state index contributed by atoms with van der Waals surface area (Å²) >= 11 is 0. The minimum atomic E-state index is 0.273. The first kappa shape index (κ1) is 13.9. The maximum atomic E-state index is 9.59. The van der Waals surface area contributed by atoms with Crippen LogP contribution in [0.4, 0.5) is 0 Å². The first-order chi connectivity index (χ1) is 11.2. The lowest BCUT2D eigenvalue weighted by molar-refractivity contribution is 0.475. The van der Waals surface area contributed by atoms with Gasteiger partial charge in [0.15, 0.2) is 0 Å². The van der Waals surface area contributed by atoms with E-state index in [1.807, 2.05) is 24.3 Å². The van der Waals surface area contributed by atoms with E-state index in [-0.39, 0.29) is 11.5 Å². The molecule has 2 aliphatic rings. The summed E-state index contributed by atoms with van der Waals surface area (Å²) in [6.45, 7) is 0. The van der Waals surface area contributed by atoms with Crippen molar-refractivity contribution in [2.24, 2.45) is 5.92 Å². The van der Waals surface area contributed by atoms with E-state index >= 15 is 0 Å². The second-order valence-corrected chi connectivity index (χ2v) is 6.10. The average molecular weight is 302 g/mol. The zero-order valence-corrected chi connectivity index (χ0v) is 12.7. The van der Waals surface area contributed by atoms with Gasteiger partial charge in [0.1, 0.15) is 11.5 Å². The van der Waals surface area contributed by atoms with Crippen LogP contribution in [-0.2, 0) is 0 Å². The fraction of sp³-hybridized carbons (Fsp3) is 0.143. The highest BCUT2D eigenvalue weighted by atomic mass is 16.3. The molecule has 0 aromatic heterocycles. The molecular weight excluding hydrogens is 284 g/mol. The standard InChI is InChI=1S/C21H18O2/c22-17-9-4-15(5-10-17)21(16-6-11-18(23)12-7-16)20-13-8-14-2-1-3-19(14)20/h1-7,9-12,14,22-23H,8,13H2. The Bertz CT molecular complexity index is 774. The summed E-state index contributed by atoms with van der Waals surface area (Å²) in [6.07, 6.45) is 8.83. The van der Waals surface area contributed by atoms with Gasteiger partial charge in [0.05, 0.1) is 0 Å². The molecule has 2 aromatic carbocycles. The van der Waals surface area contributed by atoms with Gasteiger partial charge in [-0.05, 0) is 65.0 Å². The number of hydrogen-bond donors (Lipinski definition) is 2. The van der Waals surface area contributed by atoms with E-state index < -0.39 is 0 Å². The second-order valence-electron chi connectivity index (χ2n) is 6.10. The normalized spacial score (nSPS) is 18.9. The molecule has 1 fully saturated rings. The van der Waals surface area contributed by atoms with Crippen LogP contribution >= 0.6 is 0 Å². The maximum Gasteiger partial charge on any atom is 0.115 e. The van der Waals surface area contributed by atoms with Crippen molar-refractivity contribution in [2.75, 3.05) is 0 Å². The van der Waals surface area contributed by atoms with Crippen molar-refractivity contribution in [1.82, 2.24) is 0 Å². The predicted molar refractivity (Wildman–Crippen MR) is 92.2 cm³/mol. The molecule has 0 saturated heterocycles. The summed E-state index contributed by atoms with van der Waals surface area (Å²) in [5.41, 5.74) is 6.16. The summed E-state index contributed by atoms with van der Waals surface area (Å²) in [7, 11) is 0. The maximum absolute atomic E-state index is 9.59. The Balaban J connectivity index is 1.91. The van der Waals surface area contributed by atoms with Gasteiger partial charge in [0.25, 0.3) is 0 Å². The SMILES string of the molecule is Oc1ccc(C(=C2CCC3C=CC=C23)c2ccc(O)cc2)cc1. The number of allylic oxidation sites excluding steroid dienone is 5. The topological polar surface area (TPSA) is 40.5 Å². The van der Waals surface area contributed by atoms with E-state index in [0.717, 1.165) is 24.0 Å². The van der Waals surface area contributed by atoms with E-state index in [2.05, 4.69) is 18.2 Å². The first-order valence-electron chi connectivity index (χ1n) is 7.93. The third kappa shape index (κ3) is 2.46. The van der Waals surface area contributed by atoms with Gasteiger partial charge in [-0.1, -0.05) is 42.5 Å². The van der Waals surface area contributed by atoms with Crippen molar-refractivity contribution >= 4 is 5.57 Å². The molecule has 2 nitrogen and oxygen atoms in total. The first-order valence-corrected chi connectivity index (χ1v) is 7.93. The molecule has 1 saturated carbocycles. The van der Waals surface area contributed by atoms with Gasteiger partial charge in [-0.25, -0.2) is 0 Å². The van der Waals surface area contributed by atoms with E-state index in [1.54, 1.807) is 24.3 Å². The lowest BCUT2D eigenvalue weighted by Crippen LogP contribution is -1.95. The molecular formula is C21H18O2. The molecule has 23 heavy (non-hydrogen) atoms. The van der Waals surface area contributed by atoms with Crippen molar-refractivity contribution in [3.8, 4) is 11.5 Å². The molecule has 4 rings (SSSR count). The second kappa shape index (κ2) is 5.47. The summed E-state index contributed by atoms with van der Waals surface area (Å²) in [5, 5.41) is 19.2. The number of benzene rings is 2. The molecule has 2 N–H and O–H groups in total. The van der Waals surface area contributed by atoms with Crippen LogP contribution in [0.5, 0.6) is 11.5 Å². The molecule has 0 bridgehead atoms. The van der Waals surface area contributed by atoms with E-state index in [4.69, 9.17) is 0 Å². The minimum absolute atomic E-state index is 0.273. The average Bonchev–Trinajstić information content (AvgIpc) is 3.16. The van der Waals surface area contributed by atoms with E-state index in [9.17, 15) is 10.2 Å². The Kier molecular flexibility index (Phi) is 3.30. The summed E-state index contributed by atoms with van der Waals surface area (Å²) in [5.74, 6) is 1.08. The van der Waals surface area contributed by atoms with Crippen molar-refractivity contribution in [2.45, 2.75) is 12.8 Å². The smallest absolute Gasteiger partial charge is 0.115 e. The monoisotopic (exact) mass is 302 g/mol. The van der Waals surface area contributed by atoms with E-state index in [0.29, 0.717) is 5.92 Å². The van der Waals surface area contributed by atoms with Crippen molar-refractivity contribution in [1.29, 1.82) is 0 Å². The molecule has 1 unspecified atom stereocenters. The highest BCUT2D eigenvalue weighted by molar-refractivity contribution is 5.86. The zero-order valence-electron chi connectivity index (χ0n) is 12.7. The Morgan fingerprint density at radius 2 is 1.39 bits per heavy atom. The van der Waals surface area contributed by atoms with Crippen LogP contribution in [0.1, 0.15) is 24.0 Å². The number of aromatic hydroxyl groups is 2. The van der Waals surface area contributed by atoms with Crippen LogP contribution in [-0.4, -0.2) is 10.2 Å². The van der Waals surface area contributed by atoms with Gasteiger partial charge >= 0.3 is 0 Å². The molecule has 0 spiro atoms. The number of hydrogen-bond acceptors (Lipinski definition) is 2. The Hall–Kier alpha value is -2.74. The van der Waals surface area contributed by atoms with Gasteiger partial charge in [0, 0.05) is 5.92 Å². The lowest BCUT2D eigenvalue weighted by Gasteiger charge is -2.15. The third-order valence-corrected chi connectivity index (χ3v) is 4.69. The number of phenolic OH excluding ortho intramolecular Hbond substituents is 2. The third-order valence-electron chi connectivity index (χ3n) is 4.69. The van der Waals surface area contributed by atoms with Crippen molar-refractivity contribution in [3.63, 3.8) is 0 Å². The van der Waals surface area contributed by atoms with Crippen LogP contribution in [0.2, 0.25) is 0 Å². The lowest BCUT2D eigenvalue weighted by atomic mass is 9.90. The van der Waals surface area contributed by atoms with Gasteiger partial charge in [-0.2, -0.15) is 0 Å². The number of fused-ring (bicyclic) bond motifs is 1. The molecule has 114 valence electrons. The van der Waals surface area contributed by atoms with Crippen LogP contribution in [0, 0.1) is 5.92 Å². The van der Waals surface area contributed by atoms with Crippen LogP contribution in [0.3, 0.4) is 0 Å². The molecule has 0 radical (unpaired) electrons. The molecule has 2 heteroatoms. The van der Waals surface area contributed by atoms with Crippen LogP contribution in [0.25, 0.3) is 5.57 Å². The fourth-order valence-electron chi connectivity index (χ4n) is 3.58.